The maximum atomic E-state index is 12.4. The van der Waals surface area contributed by atoms with Gasteiger partial charge in [-0.1, -0.05) is 6.08 Å². The van der Waals surface area contributed by atoms with Gasteiger partial charge in [0.15, 0.2) is 0 Å². The van der Waals surface area contributed by atoms with Crippen LogP contribution in [-0.4, -0.2) is 53.0 Å². The molecule has 3 heterocycles. The molecule has 2 aliphatic heterocycles. The van der Waals surface area contributed by atoms with Crippen molar-refractivity contribution in [2.24, 2.45) is 7.05 Å². The van der Waals surface area contributed by atoms with Gasteiger partial charge in [-0.2, -0.15) is 22.1 Å². The molecule has 6 nitrogen and oxygen atoms in total. The van der Waals surface area contributed by atoms with E-state index in [0.717, 1.165) is 25.0 Å². The van der Waals surface area contributed by atoms with Gasteiger partial charge in [0.1, 0.15) is 0 Å². The highest BCUT2D eigenvalue weighted by Gasteiger charge is 2.44. The van der Waals surface area contributed by atoms with Crippen LogP contribution in [0.5, 0.6) is 0 Å². The Morgan fingerprint density at radius 3 is 2.65 bits per heavy atom. The predicted molar refractivity (Wildman–Crippen MR) is 77.1 cm³/mol. The molecular formula is C13H20N4O2S. The van der Waals surface area contributed by atoms with Crippen molar-refractivity contribution in [3.05, 3.63) is 24.0 Å². The molecule has 110 valence electrons. The molecule has 2 aliphatic rings. The van der Waals surface area contributed by atoms with Crippen molar-refractivity contribution >= 4 is 15.8 Å². The van der Waals surface area contributed by atoms with Gasteiger partial charge in [0.2, 0.25) is 0 Å². The van der Waals surface area contributed by atoms with E-state index in [1.807, 2.05) is 17.8 Å². The summed E-state index contributed by atoms with van der Waals surface area (Å²) in [6, 6.07) is 2.04. The van der Waals surface area contributed by atoms with E-state index in [1.54, 1.807) is 24.6 Å². The fourth-order valence-electron chi connectivity index (χ4n) is 3.22. The Morgan fingerprint density at radius 1 is 1.35 bits per heavy atom. The first kappa shape index (κ1) is 13.8. The Labute approximate surface area is 119 Å². The minimum Gasteiger partial charge on any atom is -0.268 e. The molecule has 7 heteroatoms. The number of aryl methyl sites for hydroxylation is 1. The van der Waals surface area contributed by atoms with Gasteiger partial charge >= 0.3 is 0 Å². The third kappa shape index (κ3) is 2.01. The molecule has 1 aromatic rings. The average Bonchev–Trinajstić information content (AvgIpc) is 2.91. The highest BCUT2D eigenvalue weighted by molar-refractivity contribution is 7.86. The summed E-state index contributed by atoms with van der Waals surface area (Å²) in [4.78, 5) is 0. The second-order valence-electron chi connectivity index (χ2n) is 5.65. The summed E-state index contributed by atoms with van der Waals surface area (Å²) in [6.07, 6.45) is 6.47. The second-order valence-corrected chi connectivity index (χ2v) is 7.70. The van der Waals surface area contributed by atoms with E-state index in [2.05, 4.69) is 11.2 Å². The molecule has 1 fully saturated rings. The van der Waals surface area contributed by atoms with Gasteiger partial charge in [-0.25, -0.2) is 0 Å². The second kappa shape index (κ2) is 4.68. The van der Waals surface area contributed by atoms with Crippen LogP contribution < -0.4 is 0 Å². The highest BCUT2D eigenvalue weighted by atomic mass is 32.2. The van der Waals surface area contributed by atoms with Gasteiger partial charge in [0.05, 0.1) is 5.69 Å². The van der Waals surface area contributed by atoms with E-state index in [4.69, 9.17) is 0 Å². The summed E-state index contributed by atoms with van der Waals surface area (Å²) in [5, 5.41) is 4.19. The summed E-state index contributed by atoms with van der Waals surface area (Å²) in [7, 11) is 1.76. The van der Waals surface area contributed by atoms with E-state index in [9.17, 15) is 8.42 Å². The summed E-state index contributed by atoms with van der Waals surface area (Å²) < 4.78 is 29.7. The summed E-state index contributed by atoms with van der Waals surface area (Å²) in [5.41, 5.74) is 2.30. The number of nitrogens with zero attached hydrogens (tertiary/aromatic N) is 4. The monoisotopic (exact) mass is 296 g/mol. The van der Waals surface area contributed by atoms with Crippen LogP contribution in [0, 0.1) is 0 Å². The quantitative estimate of drug-likeness (QED) is 0.831. The molecular weight excluding hydrogens is 276 g/mol. The van der Waals surface area contributed by atoms with Crippen LogP contribution in [0.3, 0.4) is 0 Å². The van der Waals surface area contributed by atoms with E-state index in [-0.39, 0.29) is 12.1 Å². The average molecular weight is 296 g/mol. The first-order chi connectivity index (χ1) is 9.41. The predicted octanol–water partition coefficient (Wildman–Crippen LogP) is 0.847. The van der Waals surface area contributed by atoms with Crippen LogP contribution in [-0.2, 0) is 17.3 Å². The molecule has 1 saturated heterocycles. The van der Waals surface area contributed by atoms with Crippen molar-refractivity contribution in [1.82, 2.24) is 18.4 Å². The van der Waals surface area contributed by atoms with Gasteiger partial charge in [0, 0.05) is 39.4 Å². The van der Waals surface area contributed by atoms with E-state index >= 15 is 0 Å². The first-order valence-corrected chi connectivity index (χ1v) is 8.21. The lowest BCUT2D eigenvalue weighted by Crippen LogP contribution is -2.48. The van der Waals surface area contributed by atoms with Crippen molar-refractivity contribution in [2.45, 2.75) is 31.3 Å². The fourth-order valence-corrected chi connectivity index (χ4v) is 4.66. The van der Waals surface area contributed by atoms with Gasteiger partial charge in [-0.05, 0) is 30.9 Å². The number of rotatable bonds is 3. The largest absolute Gasteiger partial charge is 0.282 e. The van der Waals surface area contributed by atoms with Gasteiger partial charge in [0.25, 0.3) is 10.2 Å². The van der Waals surface area contributed by atoms with Gasteiger partial charge in [-0.3, -0.25) is 4.68 Å². The van der Waals surface area contributed by atoms with Crippen LogP contribution in [0.1, 0.15) is 25.0 Å². The van der Waals surface area contributed by atoms with Crippen LogP contribution in [0.2, 0.25) is 0 Å². The van der Waals surface area contributed by atoms with Gasteiger partial charge < -0.3 is 0 Å². The molecule has 0 unspecified atom stereocenters. The number of hydrogen-bond acceptors (Lipinski definition) is 3. The Hall–Kier alpha value is -1.18. The maximum absolute atomic E-state index is 12.4. The van der Waals surface area contributed by atoms with Gasteiger partial charge in [-0.15, -0.1) is 0 Å². The van der Waals surface area contributed by atoms with Crippen molar-refractivity contribution in [2.75, 3.05) is 14.1 Å². The lowest BCUT2D eigenvalue weighted by Gasteiger charge is -2.34. The minimum absolute atomic E-state index is 0.0222. The topological polar surface area (TPSA) is 58.4 Å². The van der Waals surface area contributed by atoms with Crippen LogP contribution in [0.4, 0.5) is 0 Å². The van der Waals surface area contributed by atoms with E-state index < -0.39 is 10.2 Å². The summed E-state index contributed by atoms with van der Waals surface area (Å²) in [6.45, 7) is 0. The van der Waals surface area contributed by atoms with Crippen molar-refractivity contribution in [1.29, 1.82) is 0 Å². The molecule has 2 bridgehead atoms. The molecule has 0 aliphatic carbocycles. The normalized spacial score (nSPS) is 27.1. The molecule has 0 amide bonds. The van der Waals surface area contributed by atoms with Crippen molar-refractivity contribution in [3.63, 3.8) is 0 Å². The Bertz CT molecular complexity index is 647. The van der Waals surface area contributed by atoms with Crippen LogP contribution >= 0.6 is 0 Å². The van der Waals surface area contributed by atoms with Crippen molar-refractivity contribution < 1.29 is 8.42 Å². The molecule has 3 rings (SSSR count). The lowest BCUT2D eigenvalue weighted by molar-refractivity contribution is 0.320. The molecule has 1 aromatic heterocycles. The van der Waals surface area contributed by atoms with Crippen LogP contribution in [0.15, 0.2) is 18.3 Å². The Kier molecular flexibility index (Phi) is 3.23. The number of hydrogen-bond donors (Lipinski definition) is 0. The summed E-state index contributed by atoms with van der Waals surface area (Å²) in [5.74, 6) is 0. The molecule has 0 N–H and O–H groups in total. The minimum atomic E-state index is -3.34. The molecule has 0 radical (unpaired) electrons. The van der Waals surface area contributed by atoms with Crippen molar-refractivity contribution in [3.8, 4) is 0 Å². The third-order valence-corrected chi connectivity index (χ3v) is 6.23. The van der Waals surface area contributed by atoms with E-state index in [0.29, 0.717) is 0 Å². The highest BCUT2D eigenvalue weighted by Crippen LogP contribution is 2.40. The lowest BCUT2D eigenvalue weighted by atomic mass is 10.0. The first-order valence-electron chi connectivity index (χ1n) is 6.81. The molecule has 0 spiro atoms. The number of aromatic nitrogens is 2. The zero-order chi connectivity index (χ0) is 14.5. The smallest absolute Gasteiger partial charge is 0.268 e. The fraction of sp³-hybridized carbons (Fsp3) is 0.615. The maximum Gasteiger partial charge on any atom is 0.282 e. The summed E-state index contributed by atoms with van der Waals surface area (Å²) >= 11 is 0. The zero-order valence-corrected chi connectivity index (χ0v) is 12.8. The molecule has 0 saturated carbocycles. The SMILES string of the molecule is CN(C)S(=O)(=O)N1[C@@H]2CC[C@@H]1C=C(c1ccnn1C)C2. The molecule has 0 aromatic carbocycles. The standard InChI is InChI=1S/C13H20N4O2S/c1-15(2)20(18,19)17-11-4-5-12(17)9-10(8-11)13-6-7-14-16(13)3/h6-8,11-12H,4-5,9H2,1-3H3/t11-,12-/m1/s1. The molecule has 20 heavy (non-hydrogen) atoms. The van der Waals surface area contributed by atoms with Crippen LogP contribution in [0.25, 0.3) is 5.57 Å². The number of fused-ring (bicyclic) bond motifs is 2. The Balaban J connectivity index is 1.96. The zero-order valence-electron chi connectivity index (χ0n) is 12.0. The van der Waals surface area contributed by atoms with E-state index in [1.165, 1.54) is 9.88 Å². The third-order valence-electron chi connectivity index (χ3n) is 4.21. The Morgan fingerprint density at radius 2 is 2.10 bits per heavy atom. The molecule has 2 atom stereocenters.